The van der Waals surface area contributed by atoms with E-state index in [0.29, 0.717) is 11.6 Å². The summed E-state index contributed by atoms with van der Waals surface area (Å²) < 4.78 is 0. The van der Waals surface area contributed by atoms with E-state index < -0.39 is 0 Å². The number of nitriles is 1. The second-order valence-electron chi connectivity index (χ2n) is 3.92. The standard InChI is InChI=1S/C11H16N4O/c1-7(6-16)9(3)14-11-13-8(2)4-10(5-12)15-11/h4,7,9,16H,6H2,1-3H3,(H,13,14,15). The summed E-state index contributed by atoms with van der Waals surface area (Å²) in [7, 11) is 0. The molecule has 0 radical (unpaired) electrons. The molecule has 0 aliphatic heterocycles. The molecule has 5 nitrogen and oxygen atoms in total. The molecule has 5 heteroatoms. The van der Waals surface area contributed by atoms with Gasteiger partial charge in [-0.2, -0.15) is 5.26 Å². The Morgan fingerprint density at radius 3 is 2.75 bits per heavy atom. The van der Waals surface area contributed by atoms with Crippen molar-refractivity contribution in [1.29, 1.82) is 5.26 Å². The minimum Gasteiger partial charge on any atom is -0.396 e. The lowest BCUT2D eigenvalue weighted by atomic mass is 10.1. The summed E-state index contributed by atoms with van der Waals surface area (Å²) in [5, 5.41) is 20.8. The number of rotatable bonds is 4. The van der Waals surface area contributed by atoms with E-state index in [1.165, 1.54) is 0 Å². The van der Waals surface area contributed by atoms with Crippen LogP contribution in [0.3, 0.4) is 0 Å². The van der Waals surface area contributed by atoms with E-state index in [4.69, 9.17) is 10.4 Å². The fraction of sp³-hybridized carbons (Fsp3) is 0.545. The molecule has 0 fully saturated rings. The van der Waals surface area contributed by atoms with E-state index in [1.807, 2.05) is 26.8 Å². The van der Waals surface area contributed by atoms with Crippen molar-refractivity contribution >= 4 is 5.95 Å². The molecule has 0 aliphatic rings. The lowest BCUT2D eigenvalue weighted by Gasteiger charge is -2.19. The van der Waals surface area contributed by atoms with Gasteiger partial charge in [-0.15, -0.1) is 0 Å². The summed E-state index contributed by atoms with van der Waals surface area (Å²) in [6.45, 7) is 5.79. The molecule has 1 heterocycles. The molecule has 0 spiro atoms. The number of hydrogen-bond acceptors (Lipinski definition) is 5. The highest BCUT2D eigenvalue weighted by molar-refractivity contribution is 5.33. The van der Waals surface area contributed by atoms with Gasteiger partial charge in [-0.25, -0.2) is 9.97 Å². The number of aliphatic hydroxyl groups is 1. The van der Waals surface area contributed by atoms with Crippen LogP contribution in [-0.4, -0.2) is 27.7 Å². The van der Waals surface area contributed by atoms with Crippen molar-refractivity contribution in [1.82, 2.24) is 9.97 Å². The van der Waals surface area contributed by atoms with Crippen molar-refractivity contribution < 1.29 is 5.11 Å². The summed E-state index contributed by atoms with van der Waals surface area (Å²) in [5.74, 6) is 0.541. The average Bonchev–Trinajstić information content (AvgIpc) is 2.26. The number of aliphatic hydroxyl groups excluding tert-OH is 1. The van der Waals surface area contributed by atoms with Gasteiger partial charge in [0.05, 0.1) is 0 Å². The molecule has 0 aliphatic carbocycles. The first-order chi connectivity index (χ1) is 7.56. The molecule has 16 heavy (non-hydrogen) atoms. The van der Waals surface area contributed by atoms with Crippen LogP contribution in [0.4, 0.5) is 5.95 Å². The van der Waals surface area contributed by atoms with E-state index >= 15 is 0 Å². The third-order valence-corrected chi connectivity index (χ3v) is 2.47. The van der Waals surface area contributed by atoms with E-state index in [9.17, 15) is 0 Å². The number of aryl methyl sites for hydroxylation is 1. The average molecular weight is 220 g/mol. The second-order valence-corrected chi connectivity index (χ2v) is 3.92. The smallest absolute Gasteiger partial charge is 0.224 e. The summed E-state index contributed by atoms with van der Waals surface area (Å²) in [5.41, 5.74) is 1.09. The summed E-state index contributed by atoms with van der Waals surface area (Å²) >= 11 is 0. The van der Waals surface area contributed by atoms with E-state index in [-0.39, 0.29) is 18.6 Å². The van der Waals surface area contributed by atoms with E-state index in [0.717, 1.165) is 5.69 Å². The van der Waals surface area contributed by atoms with Crippen molar-refractivity contribution in [3.63, 3.8) is 0 Å². The number of anilines is 1. The quantitative estimate of drug-likeness (QED) is 0.793. The van der Waals surface area contributed by atoms with Gasteiger partial charge in [0.25, 0.3) is 0 Å². The maximum Gasteiger partial charge on any atom is 0.224 e. The summed E-state index contributed by atoms with van der Waals surface area (Å²) in [4.78, 5) is 8.23. The topological polar surface area (TPSA) is 81.8 Å². The normalized spacial score (nSPS) is 13.9. The van der Waals surface area contributed by atoms with Crippen LogP contribution >= 0.6 is 0 Å². The maximum atomic E-state index is 9.01. The monoisotopic (exact) mass is 220 g/mol. The molecule has 2 unspecified atom stereocenters. The molecular weight excluding hydrogens is 204 g/mol. The van der Waals surface area contributed by atoms with Gasteiger partial charge in [-0.1, -0.05) is 6.92 Å². The van der Waals surface area contributed by atoms with Gasteiger partial charge in [0, 0.05) is 18.3 Å². The fourth-order valence-electron chi connectivity index (χ4n) is 1.19. The van der Waals surface area contributed by atoms with Crippen molar-refractivity contribution in [2.75, 3.05) is 11.9 Å². The molecule has 0 aromatic carbocycles. The van der Waals surface area contributed by atoms with Crippen LogP contribution in [0.1, 0.15) is 25.2 Å². The Morgan fingerprint density at radius 1 is 1.50 bits per heavy atom. The van der Waals surface area contributed by atoms with Gasteiger partial charge >= 0.3 is 0 Å². The third-order valence-electron chi connectivity index (χ3n) is 2.47. The molecule has 0 saturated carbocycles. The Bertz CT molecular complexity index is 399. The SMILES string of the molecule is Cc1cc(C#N)nc(NC(C)C(C)CO)n1. The first-order valence-corrected chi connectivity index (χ1v) is 5.20. The Balaban J connectivity index is 2.81. The van der Waals surface area contributed by atoms with Crippen LogP contribution in [0.15, 0.2) is 6.07 Å². The first-order valence-electron chi connectivity index (χ1n) is 5.20. The zero-order chi connectivity index (χ0) is 12.1. The molecule has 0 saturated heterocycles. The van der Waals surface area contributed by atoms with Gasteiger partial charge in [-0.05, 0) is 25.8 Å². The fourth-order valence-corrected chi connectivity index (χ4v) is 1.19. The number of aromatic nitrogens is 2. The molecule has 86 valence electrons. The summed E-state index contributed by atoms with van der Waals surface area (Å²) in [6.07, 6.45) is 0. The Hall–Kier alpha value is -1.67. The largest absolute Gasteiger partial charge is 0.396 e. The Labute approximate surface area is 95.2 Å². The predicted molar refractivity (Wildman–Crippen MR) is 60.8 cm³/mol. The van der Waals surface area contributed by atoms with Crippen molar-refractivity contribution in [3.8, 4) is 6.07 Å². The number of nitrogens with one attached hydrogen (secondary N) is 1. The zero-order valence-electron chi connectivity index (χ0n) is 9.73. The van der Waals surface area contributed by atoms with E-state index in [1.54, 1.807) is 6.07 Å². The summed E-state index contributed by atoms with van der Waals surface area (Å²) in [6, 6.07) is 3.67. The van der Waals surface area contributed by atoms with Gasteiger partial charge in [0.1, 0.15) is 11.8 Å². The maximum absolute atomic E-state index is 9.01. The van der Waals surface area contributed by atoms with Crippen molar-refractivity contribution in [2.24, 2.45) is 5.92 Å². The van der Waals surface area contributed by atoms with Crippen LogP contribution in [-0.2, 0) is 0 Å². The predicted octanol–water partition coefficient (Wildman–Crippen LogP) is 1.09. The van der Waals surface area contributed by atoms with Crippen molar-refractivity contribution in [3.05, 3.63) is 17.5 Å². The number of nitrogens with zero attached hydrogens (tertiary/aromatic N) is 3. The van der Waals surface area contributed by atoms with Gasteiger partial charge < -0.3 is 10.4 Å². The van der Waals surface area contributed by atoms with Crippen LogP contribution in [0.25, 0.3) is 0 Å². The van der Waals surface area contributed by atoms with Crippen LogP contribution < -0.4 is 5.32 Å². The van der Waals surface area contributed by atoms with Crippen LogP contribution in [0.5, 0.6) is 0 Å². The molecular formula is C11H16N4O. The molecule has 1 aromatic heterocycles. The lowest BCUT2D eigenvalue weighted by Crippen LogP contribution is -2.27. The van der Waals surface area contributed by atoms with Gasteiger partial charge in [0.15, 0.2) is 0 Å². The first kappa shape index (κ1) is 12.4. The van der Waals surface area contributed by atoms with Gasteiger partial charge in [-0.3, -0.25) is 0 Å². The second kappa shape index (κ2) is 5.42. The lowest BCUT2D eigenvalue weighted by molar-refractivity contribution is 0.226. The highest BCUT2D eigenvalue weighted by atomic mass is 16.3. The zero-order valence-corrected chi connectivity index (χ0v) is 9.73. The Morgan fingerprint density at radius 2 is 2.19 bits per heavy atom. The molecule has 1 rings (SSSR count). The Kier molecular flexibility index (Phi) is 4.20. The van der Waals surface area contributed by atoms with Gasteiger partial charge in [0.2, 0.25) is 5.95 Å². The molecule has 2 atom stereocenters. The van der Waals surface area contributed by atoms with Crippen LogP contribution in [0.2, 0.25) is 0 Å². The van der Waals surface area contributed by atoms with E-state index in [2.05, 4.69) is 15.3 Å². The molecule has 0 amide bonds. The third kappa shape index (κ3) is 3.17. The minimum atomic E-state index is 0.0540. The minimum absolute atomic E-state index is 0.0540. The number of hydrogen-bond donors (Lipinski definition) is 2. The molecule has 1 aromatic rings. The van der Waals surface area contributed by atoms with Crippen molar-refractivity contribution in [2.45, 2.75) is 26.8 Å². The molecule has 0 bridgehead atoms. The highest BCUT2D eigenvalue weighted by Gasteiger charge is 2.12. The van der Waals surface area contributed by atoms with Crippen LogP contribution in [0, 0.1) is 24.2 Å². The molecule has 2 N–H and O–H groups in total. The highest BCUT2D eigenvalue weighted by Crippen LogP contribution is 2.09.